The van der Waals surface area contributed by atoms with E-state index in [9.17, 15) is 9.59 Å². The highest BCUT2D eigenvalue weighted by Crippen LogP contribution is 2.23. The highest BCUT2D eigenvalue weighted by Gasteiger charge is 2.12. The van der Waals surface area contributed by atoms with Crippen molar-refractivity contribution in [2.75, 3.05) is 17.7 Å². The topological polar surface area (TPSA) is 67.4 Å². The Bertz CT molecular complexity index is 971. The number of methoxy groups -OCH3 is 1. The summed E-state index contributed by atoms with van der Waals surface area (Å²) < 4.78 is 4.79. The molecule has 0 saturated carbocycles. The molecule has 0 fully saturated rings. The lowest BCUT2D eigenvalue weighted by molar-refractivity contribution is 0.0601. The molecule has 27 heavy (non-hydrogen) atoms. The molecule has 6 heteroatoms. The zero-order valence-corrected chi connectivity index (χ0v) is 15.3. The van der Waals surface area contributed by atoms with Crippen LogP contribution in [-0.2, 0) is 4.74 Å². The maximum Gasteiger partial charge on any atom is 0.339 e. The first kappa shape index (κ1) is 18.5. The van der Waals surface area contributed by atoms with Crippen LogP contribution in [0.4, 0.5) is 17.1 Å². The van der Waals surface area contributed by atoms with Gasteiger partial charge in [0.05, 0.1) is 28.9 Å². The van der Waals surface area contributed by atoms with E-state index in [-0.39, 0.29) is 5.91 Å². The van der Waals surface area contributed by atoms with Gasteiger partial charge in [-0.3, -0.25) is 4.79 Å². The van der Waals surface area contributed by atoms with Crippen LogP contribution in [0, 0.1) is 0 Å². The fraction of sp³-hybridized carbons (Fsp3) is 0.0476. The van der Waals surface area contributed by atoms with Crippen molar-refractivity contribution in [2.45, 2.75) is 0 Å². The Balaban J connectivity index is 1.72. The molecule has 0 spiro atoms. The Morgan fingerprint density at radius 1 is 0.815 bits per heavy atom. The van der Waals surface area contributed by atoms with Crippen molar-refractivity contribution in [3.05, 3.63) is 88.9 Å². The average Bonchev–Trinajstić information content (AvgIpc) is 2.69. The van der Waals surface area contributed by atoms with Crippen LogP contribution in [0.5, 0.6) is 0 Å². The summed E-state index contributed by atoms with van der Waals surface area (Å²) >= 11 is 6.04. The Labute approximate surface area is 161 Å². The van der Waals surface area contributed by atoms with Gasteiger partial charge in [0.15, 0.2) is 0 Å². The molecule has 0 aliphatic rings. The zero-order valence-electron chi connectivity index (χ0n) is 14.5. The van der Waals surface area contributed by atoms with E-state index >= 15 is 0 Å². The van der Waals surface area contributed by atoms with Gasteiger partial charge in [-0.1, -0.05) is 35.9 Å². The van der Waals surface area contributed by atoms with Crippen molar-refractivity contribution in [3.63, 3.8) is 0 Å². The summed E-state index contributed by atoms with van der Waals surface area (Å²) in [6, 6.07) is 21.1. The summed E-state index contributed by atoms with van der Waals surface area (Å²) in [4.78, 5) is 24.1. The molecule has 136 valence electrons. The Morgan fingerprint density at radius 2 is 1.41 bits per heavy atom. The SMILES string of the molecule is COC(=O)c1ccccc1Nc1ccc(NC(=O)c2ccccc2Cl)cc1. The van der Waals surface area contributed by atoms with Crippen molar-refractivity contribution in [1.82, 2.24) is 0 Å². The Morgan fingerprint density at radius 3 is 2.07 bits per heavy atom. The summed E-state index contributed by atoms with van der Waals surface area (Å²) in [5, 5.41) is 6.37. The molecule has 0 aliphatic carbocycles. The third-order valence-electron chi connectivity index (χ3n) is 3.87. The summed E-state index contributed by atoms with van der Waals surface area (Å²) in [6.07, 6.45) is 0. The number of halogens is 1. The molecular weight excluding hydrogens is 364 g/mol. The first-order valence-electron chi connectivity index (χ1n) is 8.19. The highest BCUT2D eigenvalue weighted by molar-refractivity contribution is 6.34. The summed E-state index contributed by atoms with van der Waals surface area (Å²) in [6.45, 7) is 0. The zero-order chi connectivity index (χ0) is 19.2. The van der Waals surface area contributed by atoms with Gasteiger partial charge in [-0.2, -0.15) is 0 Å². The number of hydrogen-bond acceptors (Lipinski definition) is 4. The maximum absolute atomic E-state index is 12.3. The molecule has 3 aromatic carbocycles. The predicted octanol–water partition coefficient (Wildman–Crippen LogP) is 5.12. The Hall–Kier alpha value is -3.31. The van der Waals surface area contributed by atoms with Crippen LogP contribution in [0.3, 0.4) is 0 Å². The number of nitrogens with one attached hydrogen (secondary N) is 2. The van der Waals surface area contributed by atoms with Gasteiger partial charge >= 0.3 is 5.97 Å². The van der Waals surface area contributed by atoms with Crippen molar-refractivity contribution in [3.8, 4) is 0 Å². The van der Waals surface area contributed by atoms with Crippen LogP contribution < -0.4 is 10.6 Å². The first-order valence-corrected chi connectivity index (χ1v) is 8.56. The number of hydrogen-bond donors (Lipinski definition) is 2. The quantitative estimate of drug-likeness (QED) is 0.602. The van der Waals surface area contributed by atoms with Gasteiger partial charge in [0.25, 0.3) is 5.91 Å². The summed E-state index contributed by atoms with van der Waals surface area (Å²) in [5.74, 6) is -0.695. The number of amides is 1. The molecule has 3 aromatic rings. The van der Waals surface area contributed by atoms with E-state index in [0.29, 0.717) is 27.5 Å². The predicted molar refractivity (Wildman–Crippen MR) is 107 cm³/mol. The van der Waals surface area contributed by atoms with Gasteiger partial charge < -0.3 is 15.4 Å². The number of rotatable bonds is 5. The number of carbonyl (C=O) groups is 2. The molecule has 0 bridgehead atoms. The number of esters is 1. The molecular formula is C21H17ClN2O3. The lowest BCUT2D eigenvalue weighted by atomic mass is 10.1. The van der Waals surface area contributed by atoms with Crippen LogP contribution in [0.1, 0.15) is 20.7 Å². The van der Waals surface area contributed by atoms with Crippen LogP contribution >= 0.6 is 11.6 Å². The van der Waals surface area contributed by atoms with E-state index in [4.69, 9.17) is 16.3 Å². The average molecular weight is 381 g/mol. The third-order valence-corrected chi connectivity index (χ3v) is 4.20. The van der Waals surface area contributed by atoms with Gasteiger partial charge in [0.2, 0.25) is 0 Å². The van der Waals surface area contributed by atoms with E-state index in [1.54, 1.807) is 66.7 Å². The minimum atomic E-state index is -0.415. The van der Waals surface area contributed by atoms with Gasteiger partial charge in [-0.15, -0.1) is 0 Å². The monoisotopic (exact) mass is 380 g/mol. The van der Waals surface area contributed by atoms with E-state index in [0.717, 1.165) is 5.69 Å². The number of benzene rings is 3. The van der Waals surface area contributed by atoms with Crippen molar-refractivity contribution in [2.24, 2.45) is 0 Å². The number of anilines is 3. The van der Waals surface area contributed by atoms with Gasteiger partial charge in [0, 0.05) is 11.4 Å². The molecule has 0 saturated heterocycles. The molecule has 0 unspecified atom stereocenters. The smallest absolute Gasteiger partial charge is 0.339 e. The third kappa shape index (κ3) is 4.46. The van der Waals surface area contributed by atoms with Gasteiger partial charge in [-0.25, -0.2) is 4.79 Å². The molecule has 0 heterocycles. The maximum atomic E-state index is 12.3. The van der Waals surface area contributed by atoms with E-state index in [1.807, 2.05) is 6.07 Å². The highest BCUT2D eigenvalue weighted by atomic mass is 35.5. The molecule has 0 aromatic heterocycles. The lowest BCUT2D eigenvalue weighted by Gasteiger charge is -2.12. The largest absolute Gasteiger partial charge is 0.465 e. The molecule has 2 N–H and O–H groups in total. The molecule has 1 amide bonds. The number of para-hydroxylation sites is 1. The lowest BCUT2D eigenvalue weighted by Crippen LogP contribution is -2.12. The van der Waals surface area contributed by atoms with Crippen molar-refractivity contribution < 1.29 is 14.3 Å². The van der Waals surface area contributed by atoms with Crippen molar-refractivity contribution >= 4 is 40.5 Å². The molecule has 3 rings (SSSR count). The van der Waals surface area contributed by atoms with E-state index < -0.39 is 5.97 Å². The van der Waals surface area contributed by atoms with Crippen LogP contribution in [0.25, 0.3) is 0 Å². The van der Waals surface area contributed by atoms with Crippen LogP contribution in [-0.4, -0.2) is 19.0 Å². The van der Waals surface area contributed by atoms with Gasteiger partial charge in [0.1, 0.15) is 0 Å². The second-order valence-corrected chi connectivity index (χ2v) is 6.08. The summed E-state index contributed by atoms with van der Waals surface area (Å²) in [7, 11) is 1.34. The fourth-order valence-electron chi connectivity index (χ4n) is 2.52. The molecule has 0 atom stereocenters. The van der Waals surface area contributed by atoms with E-state index in [2.05, 4.69) is 10.6 Å². The second-order valence-electron chi connectivity index (χ2n) is 5.67. The molecule has 0 aliphatic heterocycles. The van der Waals surface area contributed by atoms with Crippen molar-refractivity contribution in [1.29, 1.82) is 0 Å². The minimum Gasteiger partial charge on any atom is -0.465 e. The number of ether oxygens (including phenoxy) is 1. The number of carbonyl (C=O) groups excluding carboxylic acids is 2. The summed E-state index contributed by atoms with van der Waals surface area (Å²) in [5.41, 5.74) is 2.88. The second kappa shape index (κ2) is 8.38. The molecule has 0 radical (unpaired) electrons. The fourth-order valence-corrected chi connectivity index (χ4v) is 2.74. The normalized spacial score (nSPS) is 10.1. The van der Waals surface area contributed by atoms with E-state index in [1.165, 1.54) is 7.11 Å². The standard InChI is InChI=1S/C21H17ClN2O3/c1-27-21(26)17-7-3-5-9-19(17)23-14-10-12-15(13-11-14)24-20(25)16-6-2-4-8-18(16)22/h2-13,23H,1H3,(H,24,25). The van der Waals surface area contributed by atoms with Gasteiger partial charge in [-0.05, 0) is 48.5 Å². The van der Waals surface area contributed by atoms with Crippen LogP contribution in [0.15, 0.2) is 72.8 Å². The van der Waals surface area contributed by atoms with Crippen LogP contribution in [0.2, 0.25) is 5.02 Å². The molecule has 5 nitrogen and oxygen atoms in total. The Kier molecular flexibility index (Phi) is 5.74. The first-order chi connectivity index (χ1) is 13.1. The minimum absolute atomic E-state index is 0.280.